The van der Waals surface area contributed by atoms with Crippen molar-refractivity contribution in [2.75, 3.05) is 0 Å². The van der Waals surface area contributed by atoms with Gasteiger partial charge in [0, 0.05) is 49.5 Å². The first-order valence-electron chi connectivity index (χ1n) is 18.9. The highest BCUT2D eigenvalue weighted by atomic mass is 16.3. The van der Waals surface area contributed by atoms with Gasteiger partial charge < -0.3 is 13.4 Å². The molecule has 12 rings (SSSR count). The predicted molar refractivity (Wildman–Crippen MR) is 228 cm³/mol. The fourth-order valence-electron chi connectivity index (χ4n) is 8.22. The van der Waals surface area contributed by atoms with Crippen LogP contribution in [0.3, 0.4) is 0 Å². The van der Waals surface area contributed by atoms with E-state index in [0.29, 0.717) is 23.4 Å². The zero-order chi connectivity index (χ0) is 37.5. The van der Waals surface area contributed by atoms with E-state index in [0.717, 1.165) is 82.8 Å². The molecule has 0 aliphatic rings. The van der Waals surface area contributed by atoms with Gasteiger partial charge in [-0.2, -0.15) is 0 Å². The van der Waals surface area contributed by atoms with Crippen LogP contribution in [0.1, 0.15) is 0 Å². The summed E-state index contributed by atoms with van der Waals surface area (Å²) in [6.07, 6.45) is 0. The molecule has 57 heavy (non-hydrogen) atoms. The van der Waals surface area contributed by atoms with Crippen LogP contribution in [0.4, 0.5) is 0 Å². The molecule has 4 aromatic heterocycles. The molecule has 0 fully saturated rings. The highest BCUT2D eigenvalue weighted by Crippen LogP contribution is 2.42. The molecule has 0 bridgehead atoms. The molecule has 7 heteroatoms. The summed E-state index contributed by atoms with van der Waals surface area (Å²) in [7, 11) is 0. The number of para-hydroxylation sites is 1. The van der Waals surface area contributed by atoms with Crippen molar-refractivity contribution >= 4 is 65.6 Å². The quantitative estimate of drug-likeness (QED) is 0.175. The van der Waals surface area contributed by atoms with Crippen LogP contribution < -0.4 is 0 Å². The second-order valence-electron chi connectivity index (χ2n) is 14.2. The number of furan rings is 1. The smallest absolute Gasteiger partial charge is 0.227 e. The lowest BCUT2D eigenvalue weighted by molar-refractivity contribution is 0.621. The Morgan fingerprint density at radius 3 is 1.88 bits per heavy atom. The van der Waals surface area contributed by atoms with E-state index in [9.17, 15) is 0 Å². The Hall–Kier alpha value is -7.90. The molecular formula is C50H29N5O2. The molecule has 12 aromatic rings. The predicted octanol–water partition coefficient (Wildman–Crippen LogP) is 12.8. The van der Waals surface area contributed by atoms with Crippen molar-refractivity contribution in [2.45, 2.75) is 0 Å². The summed E-state index contributed by atoms with van der Waals surface area (Å²) in [4.78, 5) is 20.2. The molecule has 0 saturated carbocycles. The lowest BCUT2D eigenvalue weighted by atomic mass is 10.0. The minimum absolute atomic E-state index is 0.562. The Morgan fingerprint density at radius 2 is 1.05 bits per heavy atom. The van der Waals surface area contributed by atoms with Crippen LogP contribution in [0.25, 0.3) is 117 Å². The second-order valence-corrected chi connectivity index (χ2v) is 14.2. The first kappa shape index (κ1) is 31.5. The monoisotopic (exact) mass is 731 g/mol. The highest BCUT2D eigenvalue weighted by Gasteiger charge is 2.22. The molecular weight excluding hydrogens is 703 g/mol. The Bertz CT molecular complexity index is 3530. The number of aromatic nitrogens is 5. The van der Waals surface area contributed by atoms with Crippen LogP contribution >= 0.6 is 0 Å². The van der Waals surface area contributed by atoms with Gasteiger partial charge >= 0.3 is 0 Å². The average molecular weight is 732 g/mol. The van der Waals surface area contributed by atoms with Gasteiger partial charge in [-0.05, 0) is 71.4 Å². The summed E-state index contributed by atoms with van der Waals surface area (Å²) < 4.78 is 15.3. The van der Waals surface area contributed by atoms with Gasteiger partial charge in [0.25, 0.3) is 0 Å². The fourth-order valence-corrected chi connectivity index (χ4v) is 8.22. The summed E-state index contributed by atoms with van der Waals surface area (Å²) in [6, 6.07) is 59.9. The molecule has 8 aromatic carbocycles. The van der Waals surface area contributed by atoms with E-state index in [2.05, 4.69) is 95.6 Å². The fraction of sp³-hybridized carbons (Fsp3) is 0. The van der Waals surface area contributed by atoms with Gasteiger partial charge in [0.1, 0.15) is 16.7 Å². The standard InChI is InChI=1S/C50H29N5O2/c1-3-13-31(14-4-1)47-52-48(54-49(53-47)34-22-24-38-37-20-9-10-21-42(37)56-43(38)29-34)33-17-11-18-35(28-33)55-41-27-23-30-12-7-8-19-36(30)44(41)39-25-26-40-46(45(39)55)57-50(51-40)32-15-5-2-6-16-32/h1-29H. The number of benzene rings is 8. The van der Waals surface area contributed by atoms with Gasteiger partial charge in [0.2, 0.25) is 5.89 Å². The maximum atomic E-state index is 6.69. The second kappa shape index (κ2) is 12.3. The van der Waals surface area contributed by atoms with Crippen LogP contribution in [-0.2, 0) is 0 Å². The number of hydrogen-bond donors (Lipinski definition) is 0. The van der Waals surface area contributed by atoms with Crippen molar-refractivity contribution in [2.24, 2.45) is 0 Å². The molecule has 0 saturated heterocycles. The maximum absolute atomic E-state index is 6.69. The lowest BCUT2D eigenvalue weighted by Gasteiger charge is -2.12. The molecule has 266 valence electrons. The Labute approximate surface area is 325 Å². The zero-order valence-electron chi connectivity index (χ0n) is 30.3. The Balaban J connectivity index is 1.09. The Kier molecular flexibility index (Phi) is 6.79. The van der Waals surface area contributed by atoms with Crippen LogP contribution in [-0.4, -0.2) is 24.5 Å². The third-order valence-corrected chi connectivity index (χ3v) is 10.9. The number of oxazole rings is 1. The van der Waals surface area contributed by atoms with Gasteiger partial charge in [0.05, 0.1) is 11.0 Å². The molecule has 0 aliphatic heterocycles. The van der Waals surface area contributed by atoms with E-state index in [1.807, 2.05) is 84.9 Å². The largest absolute Gasteiger partial charge is 0.456 e. The van der Waals surface area contributed by atoms with Crippen molar-refractivity contribution in [1.82, 2.24) is 24.5 Å². The number of hydrogen-bond acceptors (Lipinski definition) is 6. The van der Waals surface area contributed by atoms with Crippen molar-refractivity contribution < 1.29 is 8.83 Å². The summed E-state index contributed by atoms with van der Waals surface area (Å²) in [6.45, 7) is 0. The molecule has 0 spiro atoms. The third kappa shape index (κ3) is 4.99. The first-order chi connectivity index (χ1) is 28.2. The minimum Gasteiger partial charge on any atom is -0.456 e. The van der Waals surface area contributed by atoms with E-state index < -0.39 is 0 Å². The van der Waals surface area contributed by atoms with E-state index in [1.165, 1.54) is 10.8 Å². The Morgan fingerprint density at radius 1 is 0.404 bits per heavy atom. The van der Waals surface area contributed by atoms with Gasteiger partial charge in [0.15, 0.2) is 23.1 Å². The summed E-state index contributed by atoms with van der Waals surface area (Å²) >= 11 is 0. The average Bonchev–Trinajstić information content (AvgIpc) is 3.99. The third-order valence-electron chi connectivity index (χ3n) is 10.9. The van der Waals surface area contributed by atoms with Crippen LogP contribution in [0.2, 0.25) is 0 Å². The number of nitrogens with zero attached hydrogens (tertiary/aromatic N) is 5. The van der Waals surface area contributed by atoms with Crippen LogP contribution in [0.15, 0.2) is 185 Å². The van der Waals surface area contributed by atoms with Crippen molar-refractivity contribution in [3.8, 4) is 51.3 Å². The zero-order valence-corrected chi connectivity index (χ0v) is 30.3. The van der Waals surface area contributed by atoms with E-state index in [4.69, 9.17) is 28.8 Å². The maximum Gasteiger partial charge on any atom is 0.227 e. The van der Waals surface area contributed by atoms with Gasteiger partial charge in [-0.1, -0.05) is 115 Å². The molecule has 0 aliphatic carbocycles. The van der Waals surface area contributed by atoms with Crippen LogP contribution in [0.5, 0.6) is 0 Å². The molecule has 0 radical (unpaired) electrons. The molecule has 7 nitrogen and oxygen atoms in total. The molecule has 4 heterocycles. The molecule has 0 N–H and O–H groups in total. The lowest BCUT2D eigenvalue weighted by Crippen LogP contribution is -2.01. The summed E-state index contributed by atoms with van der Waals surface area (Å²) in [5.41, 5.74) is 9.63. The molecule has 0 amide bonds. The van der Waals surface area contributed by atoms with E-state index in [-0.39, 0.29) is 0 Å². The first-order valence-corrected chi connectivity index (χ1v) is 18.9. The van der Waals surface area contributed by atoms with Gasteiger partial charge in [-0.3, -0.25) is 0 Å². The van der Waals surface area contributed by atoms with E-state index in [1.54, 1.807) is 0 Å². The molecule has 0 atom stereocenters. The minimum atomic E-state index is 0.562. The SMILES string of the molecule is c1ccc(-c2nc(-c3cccc(-n4c5ccc6ccccc6c5c5ccc6nc(-c7ccccc7)oc6c54)c3)nc(-c3ccc4c(c3)oc3ccccc34)n2)cc1. The van der Waals surface area contributed by atoms with Crippen molar-refractivity contribution in [3.63, 3.8) is 0 Å². The van der Waals surface area contributed by atoms with Crippen LogP contribution in [0, 0.1) is 0 Å². The molecule has 0 unspecified atom stereocenters. The van der Waals surface area contributed by atoms with E-state index >= 15 is 0 Å². The van der Waals surface area contributed by atoms with Crippen molar-refractivity contribution in [3.05, 3.63) is 176 Å². The van der Waals surface area contributed by atoms with Gasteiger partial charge in [-0.25, -0.2) is 19.9 Å². The number of rotatable bonds is 5. The summed E-state index contributed by atoms with van der Waals surface area (Å²) in [5, 5.41) is 6.72. The topological polar surface area (TPSA) is 82.8 Å². The van der Waals surface area contributed by atoms with Gasteiger partial charge in [-0.15, -0.1) is 0 Å². The highest BCUT2D eigenvalue weighted by molar-refractivity contribution is 6.25. The normalized spacial score (nSPS) is 11.9. The number of fused-ring (bicyclic) bond motifs is 10. The van der Waals surface area contributed by atoms with Crippen molar-refractivity contribution in [1.29, 1.82) is 0 Å². The summed E-state index contributed by atoms with van der Waals surface area (Å²) in [5.74, 6) is 2.30.